The number of anilines is 4. The summed E-state index contributed by atoms with van der Waals surface area (Å²) in [5.41, 5.74) is 0.807. The Balaban J connectivity index is 2.15. The molecule has 0 saturated carbocycles. The van der Waals surface area contributed by atoms with Crippen LogP contribution in [0, 0.1) is 0 Å². The summed E-state index contributed by atoms with van der Waals surface area (Å²) < 4.78 is 46.1. The van der Waals surface area contributed by atoms with Gasteiger partial charge >= 0.3 is 0 Å². The van der Waals surface area contributed by atoms with Crippen LogP contribution in [0.3, 0.4) is 0 Å². The molecule has 0 spiro atoms. The number of carbonyl (C=O) groups excluding carboxylic acids is 1. The summed E-state index contributed by atoms with van der Waals surface area (Å²) in [4.78, 5) is 20.4. The lowest BCUT2D eigenvalue weighted by atomic mass is 10.2. The number of carbonyl (C=O) groups is 1. The average molecular weight is 584 g/mol. The maximum Gasteiger partial charge on any atom is 0.263 e. The number of hydrogen-bond acceptors (Lipinski definition) is 10. The van der Waals surface area contributed by atoms with Gasteiger partial charge in [-0.2, -0.15) is 0 Å². The molecule has 0 radical (unpaired) electrons. The topological polar surface area (TPSA) is 161 Å². The van der Waals surface area contributed by atoms with Crippen molar-refractivity contribution in [2.75, 3.05) is 42.8 Å². The van der Waals surface area contributed by atoms with Crippen LogP contribution in [0.1, 0.15) is 20.3 Å². The molecular weight excluding hydrogens is 550 g/mol. The third-order valence-corrected chi connectivity index (χ3v) is 6.86. The van der Waals surface area contributed by atoms with E-state index in [-0.39, 0.29) is 35.7 Å². The van der Waals surface area contributed by atoms with E-state index in [1.807, 2.05) is 0 Å². The van der Waals surface area contributed by atoms with Crippen molar-refractivity contribution in [2.45, 2.75) is 25.2 Å². The highest BCUT2D eigenvalue weighted by Crippen LogP contribution is 2.41. The molecule has 0 saturated heterocycles. The van der Waals surface area contributed by atoms with Crippen LogP contribution < -0.4 is 40.3 Å². The van der Waals surface area contributed by atoms with Crippen LogP contribution in [0.2, 0.25) is 0 Å². The molecule has 0 aliphatic carbocycles. The Hall–Kier alpha value is -4.62. The molecule has 1 amide bonds. The van der Waals surface area contributed by atoms with Gasteiger partial charge in [0.1, 0.15) is 5.75 Å². The van der Waals surface area contributed by atoms with E-state index in [2.05, 4.69) is 31.9 Å². The second kappa shape index (κ2) is 14.1. The number of aromatic nitrogens is 2. The van der Waals surface area contributed by atoms with Crippen molar-refractivity contribution in [1.82, 2.24) is 9.97 Å². The van der Waals surface area contributed by atoms with Crippen LogP contribution in [-0.2, 0) is 14.8 Å². The molecule has 0 aliphatic heterocycles. The number of methoxy groups -OCH3 is 2. The lowest BCUT2D eigenvalue weighted by Gasteiger charge is -2.19. The minimum Gasteiger partial charge on any atom is -0.497 e. The lowest BCUT2D eigenvalue weighted by Crippen LogP contribution is -2.33. The molecule has 0 aliphatic rings. The van der Waals surface area contributed by atoms with Gasteiger partial charge in [-0.05, 0) is 37.3 Å². The number of ether oxygens (including phenoxy) is 3. The van der Waals surface area contributed by atoms with Gasteiger partial charge in [0, 0.05) is 37.8 Å². The molecule has 41 heavy (non-hydrogen) atoms. The van der Waals surface area contributed by atoms with E-state index in [4.69, 9.17) is 14.2 Å². The van der Waals surface area contributed by atoms with Gasteiger partial charge < -0.3 is 30.0 Å². The molecule has 0 unspecified atom stereocenters. The smallest absolute Gasteiger partial charge is 0.263 e. The zero-order valence-electron chi connectivity index (χ0n) is 23.2. The van der Waals surface area contributed by atoms with Crippen molar-refractivity contribution in [3.63, 3.8) is 0 Å². The summed E-state index contributed by atoms with van der Waals surface area (Å²) in [5.74, 6) is 0.773. The molecule has 0 fully saturated rings. The first kappa shape index (κ1) is 30.9. The van der Waals surface area contributed by atoms with Gasteiger partial charge in [-0.1, -0.05) is 18.7 Å². The Morgan fingerprint density at radius 2 is 1.78 bits per heavy atom. The van der Waals surface area contributed by atoms with Crippen molar-refractivity contribution in [2.24, 2.45) is 0 Å². The van der Waals surface area contributed by atoms with Crippen molar-refractivity contribution in [3.8, 4) is 17.2 Å². The van der Waals surface area contributed by atoms with E-state index in [1.54, 1.807) is 31.2 Å². The number of nitrogens with one attached hydrogen (secondary N) is 3. The van der Waals surface area contributed by atoms with Crippen LogP contribution in [0.4, 0.5) is 23.0 Å². The molecule has 1 heterocycles. The van der Waals surface area contributed by atoms with Crippen molar-refractivity contribution in [3.05, 3.63) is 59.8 Å². The normalized spacial score (nSPS) is 12.0. The third-order valence-electron chi connectivity index (χ3n) is 5.50. The van der Waals surface area contributed by atoms with Crippen LogP contribution in [0.25, 0.3) is 12.2 Å². The fourth-order valence-electron chi connectivity index (χ4n) is 3.63. The number of hydrogen-bond donors (Lipinski definition) is 4. The Kier molecular flexibility index (Phi) is 10.7. The second-order valence-corrected chi connectivity index (χ2v) is 10.1. The van der Waals surface area contributed by atoms with Gasteiger partial charge in [0.05, 0.1) is 42.1 Å². The molecule has 2 aromatic carbocycles. The molecule has 3 aromatic rings. The second-order valence-electron chi connectivity index (χ2n) is 8.45. The van der Waals surface area contributed by atoms with Crippen molar-refractivity contribution >= 4 is 51.1 Å². The number of aliphatic hydroxyl groups excluding tert-OH is 1. The highest BCUT2D eigenvalue weighted by molar-refractivity contribution is 7.92. The van der Waals surface area contributed by atoms with Crippen molar-refractivity contribution in [1.29, 1.82) is 0 Å². The summed E-state index contributed by atoms with van der Waals surface area (Å²) in [6, 6.07) is 8.94. The highest BCUT2D eigenvalue weighted by atomic mass is 32.2. The summed E-state index contributed by atoms with van der Waals surface area (Å²) in [5, 5.41) is 15.8. The Morgan fingerprint density at radius 3 is 2.37 bits per heavy atom. The molecule has 0 bridgehead atoms. The first-order valence-corrected chi connectivity index (χ1v) is 14.0. The third kappa shape index (κ3) is 7.96. The Morgan fingerprint density at radius 1 is 1.07 bits per heavy atom. The molecule has 0 atom stereocenters. The summed E-state index contributed by atoms with van der Waals surface area (Å²) in [7, 11) is -1.18. The lowest BCUT2D eigenvalue weighted by molar-refractivity contribution is -0.114. The summed E-state index contributed by atoms with van der Waals surface area (Å²) >= 11 is 0. The Bertz CT molecular complexity index is 1620. The molecular formula is C28H33N5O7S. The molecule has 4 N–H and O–H groups in total. The van der Waals surface area contributed by atoms with Gasteiger partial charge in [0.2, 0.25) is 5.91 Å². The largest absolute Gasteiger partial charge is 0.497 e. The minimum absolute atomic E-state index is 0.0594. The number of sulfonamides is 1. The molecule has 218 valence electrons. The number of nitrogens with zero attached hydrogens (tertiary/aromatic N) is 2. The molecule has 1 aromatic heterocycles. The van der Waals surface area contributed by atoms with Crippen LogP contribution >= 0.6 is 0 Å². The first-order valence-electron chi connectivity index (χ1n) is 12.5. The zero-order chi connectivity index (χ0) is 30.0. The van der Waals surface area contributed by atoms with Crippen LogP contribution in [0.5, 0.6) is 17.2 Å². The zero-order valence-corrected chi connectivity index (χ0v) is 24.0. The van der Waals surface area contributed by atoms with Crippen LogP contribution in [-0.4, -0.2) is 56.8 Å². The van der Waals surface area contributed by atoms with E-state index in [0.717, 1.165) is 0 Å². The van der Waals surface area contributed by atoms with Gasteiger partial charge in [-0.15, -0.1) is 0 Å². The maximum absolute atomic E-state index is 13.4. The molecule has 12 nitrogen and oxygen atoms in total. The number of benzene rings is 2. The number of aliphatic hydroxyl groups is 1. The summed E-state index contributed by atoms with van der Waals surface area (Å²) in [6.07, 6.45) is 5.21. The quantitative estimate of drug-likeness (QED) is 0.220. The van der Waals surface area contributed by atoms with E-state index in [0.29, 0.717) is 45.7 Å². The van der Waals surface area contributed by atoms with Crippen LogP contribution in [0.15, 0.2) is 53.9 Å². The number of rotatable bonds is 13. The number of allylic oxidation sites excluding steroid dienone is 1. The van der Waals surface area contributed by atoms with E-state index in [1.165, 1.54) is 51.5 Å². The first-order chi connectivity index (χ1) is 19.6. The fraction of sp³-hybridized carbons (Fsp3) is 0.250. The predicted octanol–water partition coefficient (Wildman–Crippen LogP) is 2.52. The average Bonchev–Trinajstić information content (AvgIpc) is 2.94. The van der Waals surface area contributed by atoms with Gasteiger partial charge in [0.15, 0.2) is 23.1 Å². The van der Waals surface area contributed by atoms with Gasteiger partial charge in [0.25, 0.3) is 10.0 Å². The van der Waals surface area contributed by atoms with E-state index < -0.39 is 10.0 Å². The van der Waals surface area contributed by atoms with Crippen molar-refractivity contribution < 1.29 is 32.5 Å². The monoisotopic (exact) mass is 583 g/mol. The maximum atomic E-state index is 13.4. The standard InChI is InChI=1S/C28H33N5O7S/c1-6-9-23-22(7-2)30-27(32-24-16-20(38-4)17-25(39-5)26(24)40-15-8-14-34)28(31-23)33-41(36,37)21-12-10-19(11-13-21)29-18(3)35/h6-7,9-13,16-17,34H,1,8,14-15H2,2-5H3,(H,29,35)(H,30,32)(H,31,33)/b22-7+,23-9+. The van der Waals surface area contributed by atoms with E-state index >= 15 is 0 Å². The van der Waals surface area contributed by atoms with E-state index in [9.17, 15) is 18.3 Å². The Labute approximate surface area is 238 Å². The summed E-state index contributed by atoms with van der Waals surface area (Å²) in [6.45, 7) is 6.95. The SMILES string of the molecule is C=C/C=c1/nc(NS(=O)(=O)c2ccc(NC(C)=O)cc2)c(Nc2cc(OC)cc(OC)c2OCCCO)n/c1=C/C. The highest BCUT2D eigenvalue weighted by Gasteiger charge is 2.21. The molecule has 3 rings (SSSR count). The predicted molar refractivity (Wildman–Crippen MR) is 158 cm³/mol. The number of amides is 1. The van der Waals surface area contributed by atoms with Gasteiger partial charge in [-0.3, -0.25) is 9.52 Å². The molecule has 13 heteroatoms. The minimum atomic E-state index is -4.14. The van der Waals surface area contributed by atoms with Gasteiger partial charge in [-0.25, -0.2) is 18.4 Å². The fourth-order valence-corrected chi connectivity index (χ4v) is 4.64.